The van der Waals surface area contributed by atoms with Crippen molar-refractivity contribution in [2.75, 3.05) is 26.4 Å². The first-order valence-corrected chi connectivity index (χ1v) is 6.74. The van der Waals surface area contributed by atoms with Crippen molar-refractivity contribution < 1.29 is 9.84 Å². The lowest BCUT2D eigenvalue weighted by Crippen LogP contribution is -2.52. The zero-order chi connectivity index (χ0) is 13.0. The average Bonchev–Trinajstić information content (AvgIpc) is 2.33. The van der Waals surface area contributed by atoms with E-state index in [0.717, 1.165) is 18.0 Å². The Morgan fingerprint density at radius 2 is 2.28 bits per heavy atom. The second kappa shape index (κ2) is 6.02. The minimum atomic E-state index is -0.0913. The van der Waals surface area contributed by atoms with Gasteiger partial charge in [-0.3, -0.25) is 0 Å². The van der Waals surface area contributed by atoms with E-state index in [1.807, 2.05) is 18.2 Å². The van der Waals surface area contributed by atoms with Crippen LogP contribution in [0.1, 0.15) is 24.9 Å². The number of hydrogen-bond acceptors (Lipinski definition) is 3. The molecule has 1 fully saturated rings. The van der Waals surface area contributed by atoms with Gasteiger partial charge in [-0.25, -0.2) is 0 Å². The van der Waals surface area contributed by atoms with E-state index in [2.05, 4.69) is 18.3 Å². The number of aliphatic hydroxyl groups is 1. The summed E-state index contributed by atoms with van der Waals surface area (Å²) >= 11 is 6.01. The van der Waals surface area contributed by atoms with E-state index in [-0.39, 0.29) is 18.1 Å². The van der Waals surface area contributed by atoms with Crippen LogP contribution in [-0.4, -0.2) is 31.5 Å². The van der Waals surface area contributed by atoms with Crippen LogP contribution in [0.3, 0.4) is 0 Å². The van der Waals surface area contributed by atoms with Crippen LogP contribution in [0.4, 0.5) is 0 Å². The number of halogens is 1. The molecule has 2 N–H and O–H groups in total. The smallest absolute Gasteiger partial charge is 0.0579 e. The largest absolute Gasteiger partial charge is 0.396 e. The summed E-state index contributed by atoms with van der Waals surface area (Å²) in [7, 11) is 0. The molecule has 3 nitrogen and oxygen atoms in total. The minimum Gasteiger partial charge on any atom is -0.396 e. The molecule has 18 heavy (non-hydrogen) atoms. The van der Waals surface area contributed by atoms with Gasteiger partial charge in [0.2, 0.25) is 0 Å². The van der Waals surface area contributed by atoms with Gasteiger partial charge in [0.05, 0.1) is 25.2 Å². The number of aliphatic hydroxyl groups excluding tert-OH is 1. The van der Waals surface area contributed by atoms with Crippen LogP contribution in [0, 0.1) is 5.41 Å². The summed E-state index contributed by atoms with van der Waals surface area (Å²) in [5.74, 6) is 0. The number of rotatable bonds is 6. The Labute approximate surface area is 113 Å². The van der Waals surface area contributed by atoms with Gasteiger partial charge >= 0.3 is 0 Å². The van der Waals surface area contributed by atoms with E-state index in [0.29, 0.717) is 13.2 Å². The highest BCUT2D eigenvalue weighted by atomic mass is 35.5. The predicted octanol–water partition coefficient (Wildman–Crippen LogP) is 2.39. The molecule has 1 aliphatic rings. The highest BCUT2D eigenvalue weighted by Gasteiger charge is 2.38. The van der Waals surface area contributed by atoms with E-state index < -0.39 is 0 Å². The molecule has 0 amide bonds. The van der Waals surface area contributed by atoms with E-state index in [1.54, 1.807) is 0 Å². The van der Waals surface area contributed by atoms with Crippen molar-refractivity contribution in [1.82, 2.24) is 5.32 Å². The summed E-state index contributed by atoms with van der Waals surface area (Å²) in [4.78, 5) is 0. The molecule has 0 bridgehead atoms. The molecule has 1 aromatic rings. The zero-order valence-electron chi connectivity index (χ0n) is 10.7. The standard InChI is InChI=1S/C14H20ClNO2/c1-2-13(11-4-3-5-12(15)6-11)16-7-14(8-17)9-18-10-14/h3-6,13,16-17H,2,7-10H2,1H3. The fourth-order valence-electron chi connectivity index (χ4n) is 2.20. The van der Waals surface area contributed by atoms with Gasteiger partial charge in [-0.1, -0.05) is 30.7 Å². The summed E-state index contributed by atoms with van der Waals surface area (Å²) in [5.41, 5.74) is 1.10. The molecule has 2 rings (SSSR count). The highest BCUT2D eigenvalue weighted by Crippen LogP contribution is 2.28. The van der Waals surface area contributed by atoms with Crippen molar-refractivity contribution >= 4 is 11.6 Å². The minimum absolute atomic E-state index is 0.0913. The molecule has 1 saturated heterocycles. The zero-order valence-corrected chi connectivity index (χ0v) is 11.4. The lowest BCUT2D eigenvalue weighted by molar-refractivity contribution is -0.135. The van der Waals surface area contributed by atoms with Crippen molar-refractivity contribution in [2.45, 2.75) is 19.4 Å². The fourth-order valence-corrected chi connectivity index (χ4v) is 2.40. The molecular formula is C14H20ClNO2. The molecule has 4 heteroatoms. The van der Waals surface area contributed by atoms with Gasteiger partial charge in [0.25, 0.3) is 0 Å². The number of nitrogens with one attached hydrogen (secondary N) is 1. The molecular weight excluding hydrogens is 250 g/mol. The lowest BCUT2D eigenvalue weighted by Gasteiger charge is -2.41. The number of ether oxygens (including phenoxy) is 1. The maximum absolute atomic E-state index is 9.40. The summed E-state index contributed by atoms with van der Waals surface area (Å²) < 4.78 is 5.20. The predicted molar refractivity (Wildman–Crippen MR) is 72.8 cm³/mol. The molecule has 100 valence electrons. The van der Waals surface area contributed by atoms with Crippen LogP contribution >= 0.6 is 11.6 Å². The summed E-state index contributed by atoms with van der Waals surface area (Å²) in [6.07, 6.45) is 0.989. The topological polar surface area (TPSA) is 41.5 Å². The van der Waals surface area contributed by atoms with E-state index in [4.69, 9.17) is 16.3 Å². The molecule has 1 unspecified atom stereocenters. The SMILES string of the molecule is CCC(NCC1(CO)COC1)c1cccc(Cl)c1. The van der Waals surface area contributed by atoms with Crippen LogP contribution in [0.25, 0.3) is 0 Å². The Morgan fingerprint density at radius 1 is 1.50 bits per heavy atom. The molecule has 0 aliphatic carbocycles. The molecule has 1 atom stereocenters. The Balaban J connectivity index is 1.97. The normalized spacial score (nSPS) is 19.3. The van der Waals surface area contributed by atoms with Gasteiger partial charge in [-0.2, -0.15) is 0 Å². The molecule has 0 saturated carbocycles. The number of benzene rings is 1. The summed E-state index contributed by atoms with van der Waals surface area (Å²) in [6, 6.07) is 8.19. The third-order valence-corrected chi connectivity index (χ3v) is 3.77. The van der Waals surface area contributed by atoms with Gasteiger partial charge < -0.3 is 15.2 Å². The van der Waals surface area contributed by atoms with Crippen molar-refractivity contribution in [2.24, 2.45) is 5.41 Å². The van der Waals surface area contributed by atoms with E-state index >= 15 is 0 Å². The fraction of sp³-hybridized carbons (Fsp3) is 0.571. The molecule has 1 heterocycles. The van der Waals surface area contributed by atoms with Crippen molar-refractivity contribution in [1.29, 1.82) is 0 Å². The van der Waals surface area contributed by atoms with E-state index in [1.165, 1.54) is 5.56 Å². The van der Waals surface area contributed by atoms with Crippen molar-refractivity contribution in [3.63, 3.8) is 0 Å². The Bertz CT molecular complexity index is 388. The molecule has 0 radical (unpaired) electrons. The lowest BCUT2D eigenvalue weighted by atomic mass is 9.86. The molecule has 0 aromatic heterocycles. The first-order chi connectivity index (χ1) is 8.69. The van der Waals surface area contributed by atoms with Gasteiger partial charge in [0.15, 0.2) is 0 Å². The Kier molecular flexibility index (Phi) is 4.62. The Morgan fingerprint density at radius 3 is 2.78 bits per heavy atom. The van der Waals surface area contributed by atoms with Crippen LogP contribution in [0.5, 0.6) is 0 Å². The van der Waals surface area contributed by atoms with Crippen LogP contribution in [-0.2, 0) is 4.74 Å². The van der Waals surface area contributed by atoms with Gasteiger partial charge in [0, 0.05) is 17.6 Å². The Hall–Kier alpha value is -0.610. The molecule has 0 spiro atoms. The second-order valence-electron chi connectivity index (χ2n) is 5.05. The quantitative estimate of drug-likeness (QED) is 0.833. The third kappa shape index (κ3) is 3.04. The van der Waals surface area contributed by atoms with Crippen molar-refractivity contribution in [3.05, 3.63) is 34.9 Å². The monoisotopic (exact) mass is 269 g/mol. The molecule has 1 aromatic carbocycles. The summed E-state index contributed by atoms with van der Waals surface area (Å²) in [5, 5.41) is 13.7. The maximum Gasteiger partial charge on any atom is 0.0579 e. The maximum atomic E-state index is 9.40. The molecule has 1 aliphatic heterocycles. The first-order valence-electron chi connectivity index (χ1n) is 6.36. The van der Waals surface area contributed by atoms with Gasteiger partial charge in [-0.05, 0) is 24.1 Å². The highest BCUT2D eigenvalue weighted by molar-refractivity contribution is 6.30. The van der Waals surface area contributed by atoms with Gasteiger partial charge in [0.1, 0.15) is 0 Å². The third-order valence-electron chi connectivity index (χ3n) is 3.53. The van der Waals surface area contributed by atoms with Crippen LogP contribution in [0.2, 0.25) is 5.02 Å². The van der Waals surface area contributed by atoms with Crippen molar-refractivity contribution in [3.8, 4) is 0 Å². The second-order valence-corrected chi connectivity index (χ2v) is 5.48. The van der Waals surface area contributed by atoms with E-state index in [9.17, 15) is 5.11 Å². The number of hydrogen-bond donors (Lipinski definition) is 2. The first kappa shape index (κ1) is 13.8. The van der Waals surface area contributed by atoms with Gasteiger partial charge in [-0.15, -0.1) is 0 Å². The van der Waals surface area contributed by atoms with Crippen LogP contribution < -0.4 is 5.32 Å². The van der Waals surface area contributed by atoms with Crippen LogP contribution in [0.15, 0.2) is 24.3 Å². The summed E-state index contributed by atoms with van der Waals surface area (Å²) in [6.45, 7) is 4.37. The average molecular weight is 270 g/mol.